The molecule has 0 aliphatic carbocycles. The third-order valence-corrected chi connectivity index (χ3v) is 6.15. The maximum absolute atomic E-state index is 13.0. The number of aryl methyl sites for hydroxylation is 1. The van der Waals surface area contributed by atoms with E-state index in [4.69, 9.17) is 27.6 Å². The zero-order chi connectivity index (χ0) is 24.0. The number of aromatic amines is 1. The quantitative estimate of drug-likeness (QED) is 0.266. The van der Waals surface area contributed by atoms with Crippen LogP contribution in [0.25, 0.3) is 21.5 Å². The summed E-state index contributed by atoms with van der Waals surface area (Å²) in [6.07, 6.45) is 0. The smallest absolute Gasteiger partial charge is 0.435 e. The molecule has 1 aromatic carbocycles. The fraction of sp³-hybridized carbons (Fsp3) is 0.0526. The summed E-state index contributed by atoms with van der Waals surface area (Å²) in [5, 5.41) is 24.0. The van der Waals surface area contributed by atoms with E-state index in [0.717, 1.165) is 11.3 Å². The molecule has 3 aromatic heterocycles. The first-order chi connectivity index (χ1) is 15.6. The number of aromatic nitrogens is 3. The number of nitrogens with one attached hydrogen (secondary N) is 2. The summed E-state index contributed by atoms with van der Waals surface area (Å²) in [6.45, 7) is 0. The highest BCUT2D eigenvalue weighted by atomic mass is 35.5. The van der Waals surface area contributed by atoms with Gasteiger partial charge in [0.1, 0.15) is 27.2 Å². The molecule has 0 bridgehead atoms. The number of thiophene rings is 1. The minimum Gasteiger partial charge on any atom is -0.478 e. The van der Waals surface area contributed by atoms with Crippen molar-refractivity contribution in [1.29, 1.82) is 5.26 Å². The Morgan fingerprint density at radius 3 is 2.73 bits per heavy atom. The van der Waals surface area contributed by atoms with Gasteiger partial charge in [0.15, 0.2) is 7.05 Å². The number of nitrogens with two attached hydrogens (primary N) is 2. The Labute approximate surface area is 192 Å². The summed E-state index contributed by atoms with van der Waals surface area (Å²) in [4.78, 5) is 40.9. The molecule has 0 saturated carbocycles. The van der Waals surface area contributed by atoms with Crippen molar-refractivity contribution in [3.63, 3.8) is 0 Å². The van der Waals surface area contributed by atoms with Gasteiger partial charge in [-0.1, -0.05) is 16.3 Å². The molecule has 4 aromatic rings. The van der Waals surface area contributed by atoms with E-state index in [1.165, 1.54) is 29.9 Å². The first-order valence-electron chi connectivity index (χ1n) is 8.97. The SMILES string of the molecule is C[n+]1[nH]oc(=O)c1-c1c(C#N)c(N)nc2sc(C(=O)Nc3cc(C(=O)O)ccc3Cl)c(N)c12. The van der Waals surface area contributed by atoms with Crippen molar-refractivity contribution in [3.05, 3.63) is 49.6 Å². The second-order valence-electron chi connectivity index (χ2n) is 6.73. The van der Waals surface area contributed by atoms with Crippen molar-refractivity contribution < 1.29 is 23.9 Å². The van der Waals surface area contributed by atoms with E-state index in [-0.39, 0.29) is 59.7 Å². The Hall–Kier alpha value is -4.41. The van der Waals surface area contributed by atoms with Gasteiger partial charge in [0, 0.05) is 0 Å². The molecule has 0 unspecified atom stereocenters. The van der Waals surface area contributed by atoms with Crippen molar-refractivity contribution >= 4 is 62.2 Å². The minimum atomic E-state index is -1.20. The molecule has 1 amide bonds. The van der Waals surface area contributed by atoms with Crippen LogP contribution in [0.2, 0.25) is 5.02 Å². The van der Waals surface area contributed by atoms with E-state index < -0.39 is 17.5 Å². The number of nitrogen functional groups attached to an aromatic ring is 2. The van der Waals surface area contributed by atoms with Crippen LogP contribution in [0.1, 0.15) is 25.6 Å². The number of nitrogens with zero attached hydrogens (tertiary/aromatic N) is 3. The summed E-state index contributed by atoms with van der Waals surface area (Å²) in [5.41, 5.74) is 11.3. The van der Waals surface area contributed by atoms with Crippen molar-refractivity contribution in [2.24, 2.45) is 7.05 Å². The zero-order valence-corrected chi connectivity index (χ0v) is 18.2. The summed E-state index contributed by atoms with van der Waals surface area (Å²) >= 11 is 6.96. The van der Waals surface area contributed by atoms with E-state index >= 15 is 0 Å². The number of benzene rings is 1. The number of anilines is 3. The Bertz CT molecular complexity index is 1580. The predicted octanol–water partition coefficient (Wildman–Crippen LogP) is 1.71. The van der Waals surface area contributed by atoms with Crippen LogP contribution in [-0.2, 0) is 7.05 Å². The van der Waals surface area contributed by atoms with Gasteiger partial charge in [-0.25, -0.2) is 14.6 Å². The highest BCUT2D eigenvalue weighted by Gasteiger charge is 2.32. The maximum Gasteiger partial charge on any atom is 0.435 e. The van der Waals surface area contributed by atoms with Gasteiger partial charge in [0.25, 0.3) is 5.91 Å². The van der Waals surface area contributed by atoms with Gasteiger partial charge in [-0.15, -0.1) is 11.3 Å². The lowest BCUT2D eigenvalue weighted by atomic mass is 10.0. The van der Waals surface area contributed by atoms with Gasteiger partial charge in [-0.3, -0.25) is 9.32 Å². The van der Waals surface area contributed by atoms with E-state index in [1.54, 1.807) is 0 Å². The number of rotatable bonds is 4. The van der Waals surface area contributed by atoms with Crippen molar-refractivity contribution in [1.82, 2.24) is 10.3 Å². The number of carbonyl (C=O) groups is 2. The lowest BCUT2D eigenvalue weighted by Crippen LogP contribution is -2.34. The van der Waals surface area contributed by atoms with Gasteiger partial charge in [0.2, 0.25) is 0 Å². The molecule has 14 heteroatoms. The summed E-state index contributed by atoms with van der Waals surface area (Å²) < 4.78 is 6.03. The maximum atomic E-state index is 13.0. The number of carbonyl (C=O) groups excluding carboxylic acids is 1. The number of pyridine rings is 1. The zero-order valence-electron chi connectivity index (χ0n) is 16.6. The van der Waals surface area contributed by atoms with Gasteiger partial charge in [-0.05, 0) is 23.5 Å². The standard InChI is InChI=1S/C19H12ClN7O5S/c1-27-13(19(31)32-26-27)10-7(5-21)15(23)25-17-11(10)12(22)14(33-17)16(28)24-9-4-6(18(29)30)2-3-8(9)20/h2-4H,1H3,(H6-,22,23,24,25,26,28,29,30,31)/p+1. The Kier molecular flexibility index (Phi) is 5.24. The fourth-order valence-corrected chi connectivity index (χ4v) is 4.40. The molecule has 4 rings (SSSR count). The molecule has 0 atom stereocenters. The number of halogens is 1. The molecule has 12 nitrogen and oxygen atoms in total. The number of carboxylic acid groups (broad SMARTS) is 1. The number of fused-ring (bicyclic) bond motifs is 1. The average molecular weight is 487 g/mol. The first kappa shape index (κ1) is 21.8. The van der Waals surface area contributed by atoms with E-state index in [1.807, 2.05) is 6.07 Å². The number of carboxylic acids is 1. The molecule has 0 radical (unpaired) electrons. The molecule has 0 saturated heterocycles. The van der Waals surface area contributed by atoms with Crippen LogP contribution < -0.4 is 27.1 Å². The van der Waals surface area contributed by atoms with Crippen LogP contribution in [0.5, 0.6) is 0 Å². The Morgan fingerprint density at radius 1 is 1.39 bits per heavy atom. The number of hydrogen-bond donors (Lipinski definition) is 5. The number of amides is 1. The molecular formula is C19H13ClN7O5S+. The third-order valence-electron chi connectivity index (χ3n) is 4.73. The van der Waals surface area contributed by atoms with Crippen LogP contribution in [0.15, 0.2) is 27.5 Å². The number of nitriles is 1. The topological polar surface area (TPSA) is 205 Å². The highest BCUT2D eigenvalue weighted by molar-refractivity contribution is 7.21. The third kappa shape index (κ3) is 3.53. The molecule has 33 heavy (non-hydrogen) atoms. The molecule has 0 spiro atoms. The largest absolute Gasteiger partial charge is 0.478 e. The van der Waals surface area contributed by atoms with Gasteiger partial charge < -0.3 is 21.9 Å². The molecule has 7 N–H and O–H groups in total. The molecule has 0 fully saturated rings. The lowest BCUT2D eigenvalue weighted by molar-refractivity contribution is -0.730. The predicted molar refractivity (Wildman–Crippen MR) is 119 cm³/mol. The summed E-state index contributed by atoms with van der Waals surface area (Å²) in [5.74, 6) is -2.06. The van der Waals surface area contributed by atoms with Crippen LogP contribution in [0.3, 0.4) is 0 Å². The molecule has 166 valence electrons. The number of aromatic carboxylic acids is 1. The van der Waals surface area contributed by atoms with E-state index in [9.17, 15) is 24.8 Å². The van der Waals surface area contributed by atoms with E-state index in [0.29, 0.717) is 0 Å². The van der Waals surface area contributed by atoms with Gasteiger partial charge >= 0.3 is 17.3 Å². The summed E-state index contributed by atoms with van der Waals surface area (Å²) in [7, 11) is 1.48. The van der Waals surface area contributed by atoms with E-state index in [2.05, 4.69) is 15.6 Å². The molecule has 3 heterocycles. The monoisotopic (exact) mass is 486 g/mol. The van der Waals surface area contributed by atoms with Crippen LogP contribution in [0.4, 0.5) is 17.2 Å². The van der Waals surface area contributed by atoms with Crippen LogP contribution in [0, 0.1) is 11.3 Å². The average Bonchev–Trinajstić information content (AvgIpc) is 3.27. The molecule has 0 aliphatic heterocycles. The fourth-order valence-electron chi connectivity index (χ4n) is 3.23. The molecular weight excluding hydrogens is 474 g/mol. The number of H-pyrrole nitrogens is 1. The Morgan fingerprint density at radius 2 is 2.12 bits per heavy atom. The second kappa shape index (κ2) is 7.93. The lowest BCUT2D eigenvalue weighted by Gasteiger charge is -2.08. The van der Waals surface area contributed by atoms with Crippen molar-refractivity contribution in [2.75, 3.05) is 16.8 Å². The Balaban J connectivity index is 1.91. The van der Waals surface area contributed by atoms with Crippen LogP contribution >= 0.6 is 22.9 Å². The summed E-state index contributed by atoms with van der Waals surface area (Å²) in [6, 6.07) is 5.73. The van der Waals surface area contributed by atoms with Crippen LogP contribution in [-0.4, -0.2) is 27.2 Å². The number of hydrogen-bond acceptors (Lipinski definition) is 9. The normalized spacial score (nSPS) is 10.8. The highest BCUT2D eigenvalue weighted by Crippen LogP contribution is 2.41. The second-order valence-corrected chi connectivity index (χ2v) is 8.13. The van der Waals surface area contributed by atoms with Crippen molar-refractivity contribution in [2.45, 2.75) is 0 Å². The first-order valence-corrected chi connectivity index (χ1v) is 10.2. The van der Waals surface area contributed by atoms with Crippen molar-refractivity contribution in [3.8, 4) is 17.3 Å². The van der Waals surface area contributed by atoms with Gasteiger partial charge in [0.05, 0.1) is 32.9 Å². The van der Waals surface area contributed by atoms with Gasteiger partial charge in [-0.2, -0.15) is 5.26 Å². The minimum absolute atomic E-state index is 0.00684. The molecule has 0 aliphatic rings.